The summed E-state index contributed by atoms with van der Waals surface area (Å²) in [7, 11) is 0. The van der Waals surface area contributed by atoms with Gasteiger partial charge in [0.15, 0.2) is 33.3 Å². The van der Waals surface area contributed by atoms with Crippen LogP contribution in [0.5, 0.6) is 5.75 Å². The number of ether oxygens (including phenoxy) is 2. The number of aromatic amines is 2. The molecule has 97 heavy (non-hydrogen) atoms. The number of aromatic hydroxyl groups is 1. The van der Waals surface area contributed by atoms with E-state index in [9.17, 15) is 25.2 Å². The van der Waals surface area contributed by atoms with Gasteiger partial charge in [0.1, 0.15) is 85.7 Å². The van der Waals surface area contributed by atoms with E-state index in [1.165, 1.54) is 33.6 Å². The molecule has 0 saturated heterocycles. The maximum atomic E-state index is 12.7. The summed E-state index contributed by atoms with van der Waals surface area (Å²) in [6, 6.07) is 36.1. The van der Waals surface area contributed by atoms with Crippen LogP contribution >= 0.6 is 23.1 Å². The van der Waals surface area contributed by atoms with Gasteiger partial charge in [0.2, 0.25) is 0 Å². The lowest BCUT2D eigenvalue weighted by molar-refractivity contribution is 0.0522. The van der Waals surface area contributed by atoms with Gasteiger partial charge in [-0.2, -0.15) is 55.9 Å². The van der Waals surface area contributed by atoms with Gasteiger partial charge >= 0.3 is 11.9 Å². The number of nitrogens with one attached hydrogen (secondary N) is 2. The van der Waals surface area contributed by atoms with Crippen molar-refractivity contribution in [3.63, 3.8) is 0 Å². The van der Waals surface area contributed by atoms with Gasteiger partial charge in [-0.25, -0.2) is 33.0 Å². The lowest BCUT2D eigenvalue weighted by Gasteiger charge is -2.02. The molecule has 0 radical (unpaired) electrons. The summed E-state index contributed by atoms with van der Waals surface area (Å²) < 4.78 is 21.0. The van der Waals surface area contributed by atoms with E-state index in [-0.39, 0.29) is 57.5 Å². The van der Waals surface area contributed by atoms with Gasteiger partial charge in [-0.1, -0.05) is 55.8 Å². The number of hydrogen-bond acceptors (Lipinski definition) is 26. The highest BCUT2D eigenvalue weighted by Gasteiger charge is 2.29. The molecule has 15 rings (SSSR count). The average Bonchev–Trinajstić information content (AvgIpc) is 1.61. The number of aryl methyl sites for hydroxylation is 1. The van der Waals surface area contributed by atoms with Crippen LogP contribution in [0.15, 0.2) is 146 Å². The van der Waals surface area contributed by atoms with Crippen molar-refractivity contribution in [3.05, 3.63) is 171 Å². The van der Waals surface area contributed by atoms with E-state index in [1.807, 2.05) is 57.2 Å². The number of H-pyrrole nitrogens is 2. The van der Waals surface area contributed by atoms with Gasteiger partial charge < -0.3 is 14.6 Å². The molecule has 0 bridgehead atoms. The molecule has 15 aromatic rings. The van der Waals surface area contributed by atoms with E-state index in [0.29, 0.717) is 123 Å². The highest BCUT2D eigenvalue weighted by molar-refractivity contribution is 7.09. The van der Waals surface area contributed by atoms with Crippen molar-refractivity contribution in [2.45, 2.75) is 40.5 Å². The maximum absolute atomic E-state index is 12.7. The largest absolute Gasteiger partial charge is 0.506 e. The van der Waals surface area contributed by atoms with Gasteiger partial charge in [0.05, 0.1) is 76.5 Å². The molecule has 0 saturated carbocycles. The molecule has 10 heterocycles. The summed E-state index contributed by atoms with van der Waals surface area (Å²) in [6.45, 7) is 17.2. The van der Waals surface area contributed by atoms with Gasteiger partial charge in [0, 0.05) is 16.9 Å². The van der Waals surface area contributed by atoms with Crippen LogP contribution in [-0.4, -0.2) is 114 Å². The molecule has 32 nitrogen and oxygen atoms in total. The zero-order valence-electron chi connectivity index (χ0n) is 51.0. The molecular formula is C63H42ClN27O5S. The predicted molar refractivity (Wildman–Crippen MR) is 351 cm³/mol. The lowest BCUT2D eigenvalue weighted by Crippen LogP contribution is -2.04. The van der Waals surface area contributed by atoms with E-state index in [1.54, 1.807) is 83.4 Å². The highest BCUT2D eigenvalue weighted by Crippen LogP contribution is 2.42. The molecule has 10 aromatic heterocycles. The Hall–Kier alpha value is -13.8. The van der Waals surface area contributed by atoms with Crippen molar-refractivity contribution in [2.75, 3.05) is 13.2 Å². The van der Waals surface area contributed by atoms with Crippen LogP contribution in [0.2, 0.25) is 5.02 Å². The van der Waals surface area contributed by atoms with Crippen molar-refractivity contribution >= 4 is 142 Å². The SMILES string of the molecule is Cc1n[nH]c2c(N=Nc3ccc4nnc5c(C#N)cnn5c4c3)c(-c3ccccc3)c(C#N)n12.N#Cc1cnn2c1nnc1ccc(N=Nc3ccc(O)c(Cl)c3)cc12.[C-]#[N+]c1c(C(=O)OCC)c2nc(C(C)C)[nH]n2c1N=Nc1ccc2nnc3c(C(=O)OCC)snc3c2c1. The second kappa shape index (κ2) is 26.1. The quantitative estimate of drug-likeness (QED) is 0.0581. The molecular weight excluding hydrogens is 1280 g/mol. The number of fused-ring (bicyclic) bond motifs is 11. The molecule has 0 spiro atoms. The number of nitrogens with zero attached hydrogens (tertiary/aromatic N) is 25. The molecule has 472 valence electrons. The van der Waals surface area contributed by atoms with Crippen LogP contribution in [-0.2, 0) is 9.47 Å². The van der Waals surface area contributed by atoms with E-state index in [0.717, 1.165) is 17.1 Å². The van der Waals surface area contributed by atoms with Crippen molar-refractivity contribution in [1.29, 1.82) is 15.8 Å². The number of phenols is 1. The first kappa shape index (κ1) is 62.1. The minimum absolute atomic E-state index is 0.0146. The zero-order chi connectivity index (χ0) is 67.6. The van der Waals surface area contributed by atoms with Crippen molar-refractivity contribution in [3.8, 4) is 35.1 Å². The number of hydrogen-bond donors (Lipinski definition) is 3. The summed E-state index contributed by atoms with van der Waals surface area (Å²) in [5.41, 5.74) is 10.7. The predicted octanol–water partition coefficient (Wildman–Crippen LogP) is 14.0. The number of carbonyl (C=O) groups excluding carboxylic acids is 2. The summed E-state index contributed by atoms with van der Waals surface area (Å²) in [4.78, 5) is 33.3. The fraction of sp³-hybridized carbons (Fsp3) is 0.127. The Balaban J connectivity index is 0.000000134. The Morgan fingerprint density at radius 1 is 0.711 bits per heavy atom. The first-order valence-corrected chi connectivity index (χ1v) is 30.2. The number of aromatic nitrogens is 17. The standard InChI is InChI=1S/C24H21N9O4S.C23H13N11.C16H8ClN7O/c1-6-36-23(34)15-17(25-5)22(33-21(15)26-20(31-33)11(3)4)30-27-12-8-9-14-13(10-12)16-18(29-28-14)19(38-32-16)24(35)37-7-2;1-13-27-32-23-21(20(19(11-25)33(13)23)14-5-3-2-4-6-14)30-28-16-7-8-17-18(9-16)34-22(31-29-17)15(10-24)12-26-34;17-12-5-10(2-4-15(12)25)20-21-11-1-3-13-14(6-11)24-16(23-22-13)9(7-18)8-19-24/h8-11H,6-7H2,1-4H3,(H,26,31);2-9,12,32H,1H3;1-6,8,25H. The first-order chi connectivity index (χ1) is 47.2. The molecule has 0 aliphatic heterocycles. The summed E-state index contributed by atoms with van der Waals surface area (Å²) in [5, 5.41) is 108. The van der Waals surface area contributed by atoms with Crippen LogP contribution in [0.25, 0.3) is 82.6 Å². The number of azo groups is 3. The van der Waals surface area contributed by atoms with Crippen molar-refractivity contribution in [2.24, 2.45) is 30.7 Å². The second-order valence-electron chi connectivity index (χ2n) is 20.9. The molecule has 0 fully saturated rings. The molecule has 0 unspecified atom stereocenters. The molecule has 0 aliphatic carbocycles. The third kappa shape index (κ3) is 11.5. The first-order valence-electron chi connectivity index (χ1n) is 29.0. The highest BCUT2D eigenvalue weighted by atomic mass is 35.5. The lowest BCUT2D eigenvalue weighted by atomic mass is 10.1. The fourth-order valence-electron chi connectivity index (χ4n) is 10.1. The molecule has 3 N–H and O–H groups in total. The number of phenolic OH excluding ortho intramolecular Hbond substituents is 1. The van der Waals surface area contributed by atoms with E-state index in [4.69, 9.17) is 32.9 Å². The van der Waals surface area contributed by atoms with Crippen LogP contribution in [0.1, 0.15) is 82.1 Å². The number of esters is 2. The van der Waals surface area contributed by atoms with Crippen LogP contribution in [0, 0.1) is 47.5 Å². The van der Waals surface area contributed by atoms with E-state index >= 15 is 0 Å². The van der Waals surface area contributed by atoms with Crippen LogP contribution in [0.3, 0.4) is 0 Å². The number of nitriles is 3. The average molecular weight is 1320 g/mol. The minimum Gasteiger partial charge on any atom is -0.506 e. The minimum atomic E-state index is -0.660. The Labute approximate surface area is 552 Å². The van der Waals surface area contributed by atoms with Crippen molar-refractivity contribution in [1.82, 2.24) is 83.4 Å². The summed E-state index contributed by atoms with van der Waals surface area (Å²) in [5.74, 6) is 0.230. The normalized spacial score (nSPS) is 11.5. The summed E-state index contributed by atoms with van der Waals surface area (Å²) in [6.07, 6.45) is 2.89. The number of benzene rings is 5. The molecule has 0 atom stereocenters. The molecule has 34 heteroatoms. The number of halogens is 1. The Bertz CT molecular complexity index is 5970. The third-order valence-corrected chi connectivity index (χ3v) is 15.7. The molecule has 5 aromatic carbocycles. The van der Waals surface area contributed by atoms with Crippen molar-refractivity contribution < 1.29 is 24.2 Å². The van der Waals surface area contributed by atoms with Gasteiger partial charge in [-0.3, -0.25) is 14.6 Å². The second-order valence-corrected chi connectivity index (χ2v) is 22.1. The Morgan fingerprint density at radius 2 is 1.30 bits per heavy atom. The molecule has 0 aliphatic rings. The van der Waals surface area contributed by atoms with Gasteiger partial charge in [0.25, 0.3) is 5.69 Å². The van der Waals surface area contributed by atoms with E-state index in [2.05, 4.69) is 113 Å². The molecule has 0 amide bonds. The Kier molecular flexibility index (Phi) is 16.7. The maximum Gasteiger partial charge on any atom is 0.352 e. The monoisotopic (exact) mass is 1320 g/mol. The smallest absolute Gasteiger partial charge is 0.352 e. The van der Waals surface area contributed by atoms with Crippen LogP contribution < -0.4 is 0 Å². The topological polar surface area (TPSA) is 414 Å². The fourth-order valence-corrected chi connectivity index (χ4v) is 11.0. The number of rotatable bonds is 12. The summed E-state index contributed by atoms with van der Waals surface area (Å²) >= 11 is 6.84. The van der Waals surface area contributed by atoms with Gasteiger partial charge in [-0.15, -0.1) is 40.8 Å². The van der Waals surface area contributed by atoms with Gasteiger partial charge in [-0.05, 0) is 111 Å². The zero-order valence-corrected chi connectivity index (χ0v) is 52.6. The third-order valence-electron chi connectivity index (χ3n) is 14.6. The van der Waals surface area contributed by atoms with E-state index < -0.39 is 11.9 Å². The number of carbonyl (C=O) groups is 2. The van der Waals surface area contributed by atoms with Crippen LogP contribution in [0.4, 0.5) is 39.9 Å². The Morgan fingerprint density at radius 3 is 1.91 bits per heavy atom.